The number of hydrogen-bond donors (Lipinski definition) is 12. The minimum absolute atomic E-state index is 0.663. The minimum atomic E-state index is -2.34. The molecule has 12 N–H and O–H groups in total. The van der Waals surface area contributed by atoms with Crippen LogP contribution in [-0.4, -0.2) is 141 Å². The van der Waals surface area contributed by atoms with Gasteiger partial charge >= 0.3 is 0 Å². The second-order valence-corrected chi connectivity index (χ2v) is 19.3. The van der Waals surface area contributed by atoms with Gasteiger partial charge in [-0.05, 0) is 48.6 Å². The lowest BCUT2D eigenvalue weighted by Crippen LogP contribution is -2.24. The zero-order valence-corrected chi connectivity index (χ0v) is 44.0. The molecule has 32 heteroatoms. The largest absolute Gasteiger partial charge is 0.394 e. The van der Waals surface area contributed by atoms with Crippen LogP contribution in [0.1, 0.15) is 22.3 Å². The first-order chi connectivity index (χ1) is 41.8. The molecule has 16 nitrogen and oxygen atoms in total. The number of aliphatic imine (C=N–C) groups is 4. The van der Waals surface area contributed by atoms with E-state index in [1.165, 1.54) is 0 Å². The predicted octanol–water partition coefficient (Wildman–Crippen LogP) is 6.97. The summed E-state index contributed by atoms with van der Waals surface area (Å²) in [4.78, 5) is 16.6. The standard InChI is InChI=1S/C56H40F16N8O8/c57-37-33(38(58)46(66)53(45(37)65)73-9-17(85)13-81)29-21-1-2-22(77-21)30(34-39(59)47(67)54(48(68)40(34)60)74-10-18(86)14-82)24-5-6-26(79-24)32(36-43(63)51(71)56(52(72)44(36)64)76-12-20(88)16-84)28-8-7-27(80-28)31(25-4-3-23(29)78-25)35-41(61)49(69)55(50(70)42(35)62)75-11-19(87)15-83/h1-8,17-20,73-76,81-88H,9-16H2. The van der Waals surface area contributed by atoms with Crippen LogP contribution in [-0.2, 0) is 0 Å². The van der Waals surface area contributed by atoms with Crippen molar-refractivity contribution in [1.82, 2.24) is 0 Å². The maximum atomic E-state index is 16.8. The summed E-state index contributed by atoms with van der Waals surface area (Å²) in [5.41, 5.74) is -26.5. The third-order valence-corrected chi connectivity index (χ3v) is 13.6. The zero-order valence-electron chi connectivity index (χ0n) is 44.0. The molecule has 0 saturated heterocycles. The summed E-state index contributed by atoms with van der Waals surface area (Å²) in [6.45, 7) is -7.94. The number of aliphatic hydroxyl groups excluding tert-OH is 8. The fraction of sp³-hybridized carbons (Fsp3) is 0.214. The number of benzene rings is 4. The molecule has 4 unspecified atom stereocenters. The number of halogens is 16. The van der Waals surface area contributed by atoms with Gasteiger partial charge in [0.1, 0.15) is 22.7 Å². The number of allylic oxidation sites excluding steroid dienone is 12. The van der Waals surface area contributed by atoms with E-state index in [4.69, 9.17) is 0 Å². The summed E-state index contributed by atoms with van der Waals surface area (Å²) >= 11 is 0. The lowest BCUT2D eigenvalue weighted by molar-refractivity contribution is 0.105. The average Bonchev–Trinajstić information content (AvgIpc) is 1.52. The maximum absolute atomic E-state index is 16.8. The number of anilines is 4. The zero-order chi connectivity index (χ0) is 64.1. The van der Waals surface area contributed by atoms with Crippen molar-refractivity contribution in [1.29, 1.82) is 0 Å². The third kappa shape index (κ3) is 11.3. The van der Waals surface area contributed by atoms with E-state index in [0.29, 0.717) is 48.6 Å². The second kappa shape index (κ2) is 25.5. The number of nitrogens with one attached hydrogen (secondary N) is 4. The highest BCUT2D eigenvalue weighted by Crippen LogP contribution is 2.45. The first-order valence-electron chi connectivity index (χ1n) is 25.4. The summed E-state index contributed by atoms with van der Waals surface area (Å²) in [5, 5.41) is 83.9. The number of rotatable bonds is 20. The SMILES string of the molecule is OCC(O)CNc1c(F)c(F)c(C2=C3C=CC(=N3)C(c3c(F)c(F)c(NCC(O)CO)c(F)c3F)=C3C=CC(=N3)C(c3c(F)c(F)c(NCC(O)CO)c(F)c3F)=C3C=CC(=N3)C(c3c(F)c(F)c(NCC(O)CO)c(F)c3F)=C3C=CC2=N3)c(F)c1F. The second-order valence-electron chi connectivity index (χ2n) is 19.3. The number of nitrogens with zero attached hydrogens (tertiary/aromatic N) is 4. The third-order valence-electron chi connectivity index (χ3n) is 13.6. The predicted molar refractivity (Wildman–Crippen MR) is 285 cm³/mol. The fourth-order valence-corrected chi connectivity index (χ4v) is 9.28. The molecule has 4 aromatic carbocycles. The van der Waals surface area contributed by atoms with E-state index in [2.05, 4.69) is 20.0 Å². The Labute approximate surface area is 483 Å². The van der Waals surface area contributed by atoms with E-state index in [0.717, 1.165) is 0 Å². The van der Waals surface area contributed by atoms with Gasteiger partial charge < -0.3 is 62.1 Å². The van der Waals surface area contributed by atoms with Gasteiger partial charge in [0.2, 0.25) is 0 Å². The number of fused-ring (bicyclic) bond motifs is 4. The van der Waals surface area contributed by atoms with Crippen molar-refractivity contribution in [2.24, 2.45) is 20.0 Å². The van der Waals surface area contributed by atoms with E-state index < -0.39 is 283 Å². The normalized spacial score (nSPS) is 16.7. The Morgan fingerprint density at radius 1 is 0.261 bits per heavy atom. The molecule has 0 amide bonds. The summed E-state index contributed by atoms with van der Waals surface area (Å²) < 4.78 is 264. The van der Waals surface area contributed by atoms with Gasteiger partial charge in [-0.1, -0.05) is 0 Å². The van der Waals surface area contributed by atoms with Gasteiger partial charge in [-0.25, -0.2) is 90.2 Å². The topological polar surface area (TPSA) is 259 Å². The number of hydrogen-bond acceptors (Lipinski definition) is 16. The molecule has 8 bridgehead atoms. The van der Waals surface area contributed by atoms with E-state index in [1.54, 1.807) is 0 Å². The molecule has 5 aliphatic rings. The van der Waals surface area contributed by atoms with E-state index in [-0.39, 0.29) is 0 Å². The lowest BCUT2D eigenvalue weighted by atomic mass is 9.96. The molecular formula is C56H40F16N8O8. The first kappa shape index (κ1) is 63.7. The van der Waals surface area contributed by atoms with Gasteiger partial charge in [-0.15, -0.1) is 0 Å². The van der Waals surface area contributed by atoms with Gasteiger partial charge in [0.25, 0.3) is 0 Å². The summed E-state index contributed by atoms with van der Waals surface area (Å²) in [6.07, 6.45) is -1.86. The Bertz CT molecular complexity index is 3420. The van der Waals surface area contributed by atoms with Crippen molar-refractivity contribution in [3.8, 4) is 0 Å². The molecule has 9 rings (SSSR count). The molecule has 0 aromatic heterocycles. The Morgan fingerprint density at radius 3 is 0.568 bits per heavy atom. The van der Waals surface area contributed by atoms with Crippen molar-refractivity contribution < 1.29 is 111 Å². The molecule has 464 valence electrons. The molecule has 0 fully saturated rings. The molecule has 88 heavy (non-hydrogen) atoms. The quantitative estimate of drug-likeness (QED) is 0.0316. The van der Waals surface area contributed by atoms with Crippen LogP contribution in [0.15, 0.2) is 91.4 Å². The minimum Gasteiger partial charge on any atom is -0.394 e. The molecule has 0 saturated carbocycles. The Hall–Kier alpha value is -8.76. The van der Waals surface area contributed by atoms with Gasteiger partial charge in [-0.3, -0.25) is 0 Å². The highest BCUT2D eigenvalue weighted by molar-refractivity contribution is 6.40. The molecule has 4 atom stereocenters. The van der Waals surface area contributed by atoms with E-state index in [1.807, 2.05) is 21.3 Å². The van der Waals surface area contributed by atoms with Gasteiger partial charge in [0, 0.05) is 48.5 Å². The molecule has 4 aromatic rings. The van der Waals surface area contributed by atoms with E-state index in [9.17, 15) is 40.9 Å². The molecule has 0 aliphatic carbocycles. The Balaban J connectivity index is 1.43. The summed E-state index contributed by atoms with van der Waals surface area (Å²) in [6, 6.07) is 0. The van der Waals surface area contributed by atoms with Crippen LogP contribution in [0.2, 0.25) is 0 Å². The molecule has 0 radical (unpaired) electrons. The van der Waals surface area contributed by atoms with Crippen molar-refractivity contribution in [3.63, 3.8) is 0 Å². The molecule has 5 aliphatic heterocycles. The molecular weight excluding hydrogens is 1220 g/mol. The van der Waals surface area contributed by atoms with Gasteiger partial charge in [0.15, 0.2) is 93.1 Å². The summed E-state index contributed by atoms with van der Waals surface area (Å²) in [5.74, 6) is -36.9. The first-order valence-corrected chi connectivity index (χ1v) is 25.4. The van der Waals surface area contributed by atoms with Crippen LogP contribution in [0, 0.1) is 93.1 Å². The summed E-state index contributed by atoms with van der Waals surface area (Å²) in [7, 11) is 0. The van der Waals surface area contributed by atoms with Crippen molar-refractivity contribution in [3.05, 3.63) is 187 Å². The van der Waals surface area contributed by atoms with E-state index >= 15 is 70.2 Å². The highest BCUT2D eigenvalue weighted by atomic mass is 19.2. The highest BCUT2D eigenvalue weighted by Gasteiger charge is 2.39. The van der Waals surface area contributed by atoms with Crippen LogP contribution >= 0.6 is 0 Å². The van der Waals surface area contributed by atoms with Crippen LogP contribution in [0.4, 0.5) is 93.0 Å². The van der Waals surface area contributed by atoms with Crippen LogP contribution in [0.25, 0.3) is 22.3 Å². The fourth-order valence-electron chi connectivity index (χ4n) is 9.28. The maximum Gasteiger partial charge on any atom is 0.185 e. The monoisotopic (exact) mass is 1260 g/mol. The van der Waals surface area contributed by atoms with Crippen LogP contribution < -0.4 is 21.3 Å². The van der Waals surface area contributed by atoms with Crippen LogP contribution in [0.3, 0.4) is 0 Å². The van der Waals surface area contributed by atoms with Crippen molar-refractivity contribution in [2.75, 3.05) is 73.9 Å². The number of aliphatic hydroxyl groups is 8. The lowest BCUT2D eigenvalue weighted by Gasteiger charge is -2.18. The Kier molecular flexibility index (Phi) is 18.5. The van der Waals surface area contributed by atoms with Gasteiger partial charge in [-0.2, -0.15) is 0 Å². The van der Waals surface area contributed by atoms with Gasteiger partial charge in [0.05, 0.1) is 119 Å². The van der Waals surface area contributed by atoms with Crippen LogP contribution in [0.5, 0.6) is 0 Å². The van der Waals surface area contributed by atoms with Crippen molar-refractivity contribution in [2.45, 2.75) is 24.4 Å². The molecule has 0 spiro atoms. The Morgan fingerprint density at radius 2 is 0.420 bits per heavy atom. The average molecular weight is 1260 g/mol. The molecule has 5 heterocycles. The van der Waals surface area contributed by atoms with Crippen molar-refractivity contribution >= 4 is 67.9 Å². The smallest absolute Gasteiger partial charge is 0.185 e.